The average molecular weight is 575 g/mol. The minimum Gasteiger partial charge on any atom is -0.320 e. The van der Waals surface area contributed by atoms with Crippen molar-refractivity contribution >= 4 is 19.4 Å². The van der Waals surface area contributed by atoms with E-state index in [0.717, 1.165) is 16.7 Å². The number of hydrogen-bond acceptors (Lipinski definition) is 4. The van der Waals surface area contributed by atoms with Crippen molar-refractivity contribution in [1.82, 2.24) is 4.98 Å². The van der Waals surface area contributed by atoms with E-state index >= 15 is 0 Å². The first-order chi connectivity index (χ1) is 18.9. The highest BCUT2D eigenvalue weighted by Crippen LogP contribution is 2.61. The van der Waals surface area contributed by atoms with Crippen molar-refractivity contribution < 1.29 is 36.8 Å². The fourth-order valence-electron chi connectivity index (χ4n) is 6.50. The lowest BCUT2D eigenvalue weighted by molar-refractivity contribution is -0.274. The third kappa shape index (κ3) is 5.86. The number of nitrogens with zero attached hydrogens (tertiary/aromatic N) is 1. The Kier molecular flexibility index (Phi) is 7.65. The summed E-state index contributed by atoms with van der Waals surface area (Å²) in [6.45, 7) is 1.79. The Morgan fingerprint density at radius 1 is 1.12 bits per heavy atom. The van der Waals surface area contributed by atoms with E-state index in [-0.39, 0.29) is 18.2 Å². The van der Waals surface area contributed by atoms with Crippen LogP contribution >= 0.6 is 7.82 Å². The van der Waals surface area contributed by atoms with Gasteiger partial charge in [0.05, 0.1) is 11.4 Å². The third-order valence-electron chi connectivity index (χ3n) is 8.15. The molecule has 0 bridgehead atoms. The summed E-state index contributed by atoms with van der Waals surface area (Å²) < 4.78 is 60.0. The van der Waals surface area contributed by atoms with Crippen molar-refractivity contribution in [3.05, 3.63) is 94.8 Å². The Bertz CT molecular complexity index is 1450. The van der Waals surface area contributed by atoms with Crippen molar-refractivity contribution in [2.75, 3.05) is 5.32 Å². The quantitative estimate of drug-likeness (QED) is 0.296. The van der Waals surface area contributed by atoms with Crippen LogP contribution in [0.5, 0.6) is 0 Å². The largest absolute Gasteiger partial charge is 0.470 e. The van der Waals surface area contributed by atoms with E-state index in [1.54, 1.807) is 37.4 Å². The molecule has 0 spiro atoms. The number of aromatic nitrogens is 1. The number of fused-ring (bicyclic) bond motifs is 3. The first-order valence-electron chi connectivity index (χ1n) is 13.1. The molecule has 212 valence electrons. The third-order valence-corrected chi connectivity index (χ3v) is 8.74. The number of pyridine rings is 1. The molecule has 2 aromatic carbocycles. The van der Waals surface area contributed by atoms with Gasteiger partial charge in [-0.1, -0.05) is 36.4 Å². The number of anilines is 1. The number of rotatable bonds is 6. The molecule has 0 aliphatic heterocycles. The molecule has 1 heterocycles. The van der Waals surface area contributed by atoms with E-state index in [0.29, 0.717) is 29.8 Å². The summed E-state index contributed by atoms with van der Waals surface area (Å²) in [5.41, 5.74) is 1.34. The molecule has 2 aliphatic carbocycles. The summed E-state index contributed by atoms with van der Waals surface area (Å²) in [4.78, 5) is 36.2. The minimum absolute atomic E-state index is 0.284. The maximum Gasteiger partial charge on any atom is 0.470 e. The van der Waals surface area contributed by atoms with Gasteiger partial charge in [0.2, 0.25) is 0 Å². The van der Waals surface area contributed by atoms with Gasteiger partial charge in [-0.25, -0.2) is 4.57 Å². The molecular weight excluding hydrogens is 544 g/mol. The van der Waals surface area contributed by atoms with Gasteiger partial charge >= 0.3 is 14.0 Å². The number of alkyl halides is 3. The van der Waals surface area contributed by atoms with Gasteiger partial charge in [-0.2, -0.15) is 13.2 Å². The molecule has 5 rings (SSSR count). The maximum absolute atomic E-state index is 14.5. The van der Waals surface area contributed by atoms with Crippen molar-refractivity contribution in [3.63, 3.8) is 0 Å². The number of nitrogens with one attached hydrogen (secondary N) is 1. The molecule has 1 amide bonds. The highest BCUT2D eigenvalue weighted by Gasteiger charge is 2.64. The van der Waals surface area contributed by atoms with Crippen LogP contribution in [0.4, 0.5) is 18.9 Å². The zero-order chi connectivity index (χ0) is 28.7. The SMILES string of the molecule is Cc1ncccc1NC(=O)c1ccc2c(c1)CC[C@@H]1C[C@](OP(=O)(O)O)(C(F)(F)F)C[C@@H](Cc3ccccc3)[C@@H]21. The number of halogens is 3. The number of amides is 1. The predicted molar refractivity (Wildman–Crippen MR) is 143 cm³/mol. The molecule has 7 nitrogen and oxygen atoms in total. The molecule has 0 radical (unpaired) electrons. The fraction of sp³-hybridized carbons (Fsp3) is 0.379. The second kappa shape index (κ2) is 10.7. The van der Waals surface area contributed by atoms with Gasteiger partial charge in [0, 0.05) is 11.8 Å². The summed E-state index contributed by atoms with van der Waals surface area (Å²) >= 11 is 0. The van der Waals surface area contributed by atoms with Crippen molar-refractivity contribution in [3.8, 4) is 0 Å². The van der Waals surface area contributed by atoms with Crippen LogP contribution in [0, 0.1) is 18.8 Å². The molecule has 0 unspecified atom stereocenters. The van der Waals surface area contributed by atoms with Crippen LogP contribution in [0.15, 0.2) is 66.9 Å². The Balaban J connectivity index is 1.50. The van der Waals surface area contributed by atoms with E-state index in [1.807, 2.05) is 36.4 Å². The topological polar surface area (TPSA) is 109 Å². The van der Waals surface area contributed by atoms with Crippen molar-refractivity contribution in [2.24, 2.45) is 11.8 Å². The number of benzene rings is 2. The normalized spacial score (nSPS) is 24.6. The molecule has 2 aliphatic rings. The molecule has 4 atom stereocenters. The summed E-state index contributed by atoms with van der Waals surface area (Å²) in [5.74, 6) is -1.72. The Labute approximate surface area is 230 Å². The van der Waals surface area contributed by atoms with Gasteiger partial charge in [0.25, 0.3) is 5.91 Å². The maximum atomic E-state index is 14.5. The first kappa shape index (κ1) is 28.5. The summed E-state index contributed by atoms with van der Waals surface area (Å²) in [7, 11) is -5.44. The van der Waals surface area contributed by atoms with Crippen LogP contribution in [0.3, 0.4) is 0 Å². The molecule has 40 heavy (non-hydrogen) atoms. The average Bonchev–Trinajstić information content (AvgIpc) is 2.88. The zero-order valence-electron chi connectivity index (χ0n) is 21.8. The predicted octanol–water partition coefficient (Wildman–Crippen LogP) is 6.35. The summed E-state index contributed by atoms with van der Waals surface area (Å²) in [6, 6.07) is 17.9. The van der Waals surface area contributed by atoms with Crippen molar-refractivity contribution in [2.45, 2.75) is 56.7 Å². The van der Waals surface area contributed by atoms with Gasteiger partial charge in [-0.3, -0.25) is 14.3 Å². The lowest BCUT2D eigenvalue weighted by Gasteiger charge is -2.51. The highest BCUT2D eigenvalue weighted by molar-refractivity contribution is 7.46. The van der Waals surface area contributed by atoms with Crippen LogP contribution < -0.4 is 5.32 Å². The number of phosphoric ester groups is 1. The van der Waals surface area contributed by atoms with Gasteiger partial charge in [-0.05, 0) is 97.7 Å². The molecular formula is C29H30F3N2O5P. The standard InChI is InChI=1S/C29H30F3N2O5P/c1-18-25(8-5-13-33-18)34-27(35)21-11-12-24-20(15-21)9-10-22-16-28(29(30,31)32,39-40(36,37)38)17-23(26(22)24)14-19-6-3-2-4-7-19/h2-8,11-13,15,22-23,26H,9-10,14,16-17H2,1H3,(H,34,35)(H2,36,37,38)/t22-,23-,26+,28-/m1/s1. The van der Waals surface area contributed by atoms with Gasteiger partial charge in [-0.15, -0.1) is 0 Å². The van der Waals surface area contributed by atoms with Crippen molar-refractivity contribution in [1.29, 1.82) is 0 Å². The van der Waals surface area contributed by atoms with Crippen LogP contribution in [0.2, 0.25) is 0 Å². The summed E-state index contributed by atoms with van der Waals surface area (Å²) in [6.07, 6.45) is -3.37. The number of carbonyl (C=O) groups excluding carboxylic acids is 1. The minimum atomic E-state index is -5.44. The fourth-order valence-corrected chi connectivity index (χ4v) is 7.21. The monoisotopic (exact) mass is 574 g/mol. The van der Waals surface area contributed by atoms with Gasteiger partial charge in [0.15, 0.2) is 5.60 Å². The Morgan fingerprint density at radius 3 is 2.55 bits per heavy atom. The van der Waals surface area contributed by atoms with E-state index in [4.69, 9.17) is 0 Å². The van der Waals surface area contributed by atoms with Crippen LogP contribution in [0.25, 0.3) is 0 Å². The number of aryl methyl sites for hydroxylation is 2. The van der Waals surface area contributed by atoms with E-state index < -0.39 is 44.3 Å². The molecule has 1 aromatic heterocycles. The van der Waals surface area contributed by atoms with Gasteiger partial charge in [0.1, 0.15) is 0 Å². The Morgan fingerprint density at radius 2 is 1.88 bits per heavy atom. The molecule has 0 saturated heterocycles. The zero-order valence-corrected chi connectivity index (χ0v) is 22.7. The van der Waals surface area contributed by atoms with E-state index in [9.17, 15) is 32.3 Å². The molecule has 1 fully saturated rings. The highest BCUT2D eigenvalue weighted by atomic mass is 31.2. The lowest BCUT2D eigenvalue weighted by atomic mass is 9.58. The second-order valence-corrected chi connectivity index (χ2v) is 11.9. The van der Waals surface area contributed by atoms with Crippen LogP contribution in [0.1, 0.15) is 57.9 Å². The molecule has 11 heteroatoms. The van der Waals surface area contributed by atoms with Gasteiger partial charge < -0.3 is 15.1 Å². The second-order valence-electron chi connectivity index (χ2n) is 10.8. The number of hydrogen-bond donors (Lipinski definition) is 3. The van der Waals surface area contributed by atoms with E-state index in [1.165, 1.54) is 0 Å². The van der Waals surface area contributed by atoms with Crippen LogP contribution in [-0.4, -0.2) is 32.5 Å². The smallest absolute Gasteiger partial charge is 0.320 e. The molecule has 1 saturated carbocycles. The molecule has 3 aromatic rings. The summed E-state index contributed by atoms with van der Waals surface area (Å²) in [5, 5.41) is 2.86. The number of carbonyl (C=O) groups is 1. The van der Waals surface area contributed by atoms with Crippen LogP contribution in [-0.2, 0) is 21.9 Å². The number of phosphoric acid groups is 1. The Hall–Kier alpha value is -3.04. The van der Waals surface area contributed by atoms with E-state index in [2.05, 4.69) is 14.8 Å². The lowest BCUT2D eigenvalue weighted by Crippen LogP contribution is -2.55. The molecule has 3 N–H and O–H groups in total. The first-order valence-corrected chi connectivity index (χ1v) is 14.6.